The van der Waals surface area contributed by atoms with E-state index in [-0.39, 0.29) is 11.8 Å². The SMILES string of the molecule is CC1C=CC2(C)C(C(=O)C(=O)N(C)C)=CN(c3ccccc3)C3(C)C=CC(C)C1=C23. The minimum atomic E-state index is -0.621. The molecule has 0 saturated heterocycles. The number of allylic oxidation sites excluding steroid dienone is 4. The molecule has 1 aliphatic heterocycles. The zero-order chi connectivity index (χ0) is 21.8. The topological polar surface area (TPSA) is 40.6 Å². The standard InChI is InChI=1S/C26H30N2O2/c1-17-12-14-25(3)20(22(29)24(30)27(5)6)16-28(19-10-8-7-9-11-19)26(4)15-13-18(2)21(17)23(25)26/h7-18H,1-6H3. The van der Waals surface area contributed by atoms with Gasteiger partial charge in [0.2, 0.25) is 5.78 Å². The summed E-state index contributed by atoms with van der Waals surface area (Å²) in [6.45, 7) is 8.73. The number of carbonyl (C=O) groups is 2. The maximum absolute atomic E-state index is 13.4. The Bertz CT molecular complexity index is 1020. The Labute approximate surface area is 179 Å². The molecule has 0 saturated carbocycles. The fourth-order valence-corrected chi connectivity index (χ4v) is 5.40. The van der Waals surface area contributed by atoms with Gasteiger partial charge in [0.05, 0.1) is 5.54 Å². The molecule has 4 rings (SSSR count). The third-order valence-electron chi connectivity index (χ3n) is 6.92. The molecule has 3 aliphatic rings. The molecule has 30 heavy (non-hydrogen) atoms. The number of likely N-dealkylation sites (N-methyl/N-ethyl adjacent to an activating group) is 1. The van der Waals surface area contributed by atoms with Crippen LogP contribution in [0.2, 0.25) is 0 Å². The molecule has 0 spiro atoms. The normalized spacial score (nSPS) is 31.9. The zero-order valence-corrected chi connectivity index (χ0v) is 18.6. The zero-order valence-electron chi connectivity index (χ0n) is 18.6. The van der Waals surface area contributed by atoms with E-state index in [0.29, 0.717) is 5.57 Å². The molecule has 1 amide bonds. The predicted molar refractivity (Wildman–Crippen MR) is 121 cm³/mol. The van der Waals surface area contributed by atoms with Gasteiger partial charge in [-0.25, -0.2) is 0 Å². The van der Waals surface area contributed by atoms with Gasteiger partial charge >= 0.3 is 0 Å². The minimum absolute atomic E-state index is 0.281. The second-order valence-electron chi connectivity index (χ2n) is 9.25. The van der Waals surface area contributed by atoms with E-state index < -0.39 is 22.6 Å². The van der Waals surface area contributed by atoms with Gasteiger partial charge in [-0.05, 0) is 43.4 Å². The Kier molecular flexibility index (Phi) is 4.64. The van der Waals surface area contributed by atoms with Gasteiger partial charge in [-0.1, -0.05) is 61.9 Å². The van der Waals surface area contributed by atoms with Gasteiger partial charge in [0, 0.05) is 37.0 Å². The lowest BCUT2D eigenvalue weighted by atomic mass is 9.56. The Morgan fingerprint density at radius 1 is 0.967 bits per heavy atom. The Balaban J connectivity index is 2.03. The summed E-state index contributed by atoms with van der Waals surface area (Å²) in [6, 6.07) is 10.1. The lowest BCUT2D eigenvalue weighted by Crippen LogP contribution is -2.56. The van der Waals surface area contributed by atoms with Crippen LogP contribution in [0, 0.1) is 17.3 Å². The summed E-state index contributed by atoms with van der Waals surface area (Å²) in [5, 5.41) is 0. The molecule has 4 heteroatoms. The number of para-hydroxylation sites is 1. The van der Waals surface area contributed by atoms with Crippen molar-refractivity contribution < 1.29 is 9.59 Å². The van der Waals surface area contributed by atoms with Crippen molar-refractivity contribution in [2.45, 2.75) is 33.2 Å². The molecule has 1 heterocycles. The summed E-state index contributed by atoms with van der Waals surface area (Å²) < 4.78 is 0. The molecular formula is C26H30N2O2. The summed E-state index contributed by atoms with van der Waals surface area (Å²) in [5.41, 5.74) is 3.06. The highest BCUT2D eigenvalue weighted by Gasteiger charge is 2.54. The highest BCUT2D eigenvalue weighted by molar-refractivity contribution is 6.43. The first-order chi connectivity index (χ1) is 14.1. The lowest BCUT2D eigenvalue weighted by Gasteiger charge is -2.56. The predicted octanol–water partition coefficient (Wildman–Crippen LogP) is 4.52. The van der Waals surface area contributed by atoms with Crippen LogP contribution in [-0.4, -0.2) is 36.2 Å². The van der Waals surface area contributed by atoms with Crippen LogP contribution in [0.15, 0.2) is 77.6 Å². The van der Waals surface area contributed by atoms with Gasteiger partial charge < -0.3 is 9.80 Å². The van der Waals surface area contributed by atoms with E-state index in [1.54, 1.807) is 14.1 Å². The number of rotatable bonds is 3. The highest BCUT2D eigenvalue weighted by Crippen LogP contribution is 2.57. The Morgan fingerprint density at radius 2 is 1.57 bits per heavy atom. The smallest absolute Gasteiger partial charge is 0.294 e. The summed E-state index contributed by atoms with van der Waals surface area (Å²) >= 11 is 0. The molecule has 1 aromatic carbocycles. The van der Waals surface area contributed by atoms with Crippen LogP contribution in [0.5, 0.6) is 0 Å². The van der Waals surface area contributed by atoms with E-state index in [2.05, 4.69) is 69.0 Å². The lowest BCUT2D eigenvalue weighted by molar-refractivity contribution is -0.141. The maximum Gasteiger partial charge on any atom is 0.294 e. The fourth-order valence-electron chi connectivity index (χ4n) is 5.40. The van der Waals surface area contributed by atoms with Crippen molar-refractivity contribution >= 4 is 17.4 Å². The van der Waals surface area contributed by atoms with Crippen LogP contribution >= 0.6 is 0 Å². The van der Waals surface area contributed by atoms with E-state index in [1.807, 2.05) is 24.4 Å². The van der Waals surface area contributed by atoms with Crippen molar-refractivity contribution in [2.75, 3.05) is 19.0 Å². The number of hydrogen-bond donors (Lipinski definition) is 0. The molecule has 0 fully saturated rings. The number of anilines is 1. The Hall–Kier alpha value is -2.88. The minimum Gasteiger partial charge on any atom is -0.342 e. The average molecular weight is 403 g/mol. The van der Waals surface area contributed by atoms with Crippen molar-refractivity contribution in [3.63, 3.8) is 0 Å². The number of amides is 1. The molecule has 0 bridgehead atoms. The molecule has 4 atom stereocenters. The molecular weight excluding hydrogens is 372 g/mol. The molecule has 4 nitrogen and oxygen atoms in total. The van der Waals surface area contributed by atoms with E-state index in [0.717, 1.165) is 5.69 Å². The first-order valence-electron chi connectivity index (χ1n) is 10.6. The summed E-state index contributed by atoms with van der Waals surface area (Å²) in [4.78, 5) is 29.6. The van der Waals surface area contributed by atoms with Crippen molar-refractivity contribution in [3.05, 3.63) is 77.6 Å². The third kappa shape index (κ3) is 2.73. The monoisotopic (exact) mass is 402 g/mol. The largest absolute Gasteiger partial charge is 0.342 e. The first kappa shape index (κ1) is 20.4. The number of carbonyl (C=O) groups excluding carboxylic acids is 2. The molecule has 156 valence electrons. The van der Waals surface area contributed by atoms with E-state index in [1.165, 1.54) is 16.0 Å². The van der Waals surface area contributed by atoms with Crippen LogP contribution in [0.1, 0.15) is 27.7 Å². The molecule has 0 N–H and O–H groups in total. The summed E-state index contributed by atoms with van der Waals surface area (Å²) in [5.74, 6) is -0.376. The second-order valence-corrected chi connectivity index (χ2v) is 9.25. The van der Waals surface area contributed by atoms with Crippen molar-refractivity contribution in [1.29, 1.82) is 0 Å². The number of hydrogen-bond acceptors (Lipinski definition) is 3. The molecule has 0 aromatic heterocycles. The number of nitrogens with zero attached hydrogens (tertiary/aromatic N) is 2. The molecule has 0 radical (unpaired) electrons. The average Bonchev–Trinajstić information content (AvgIpc) is 2.72. The number of ketones is 1. The van der Waals surface area contributed by atoms with Crippen molar-refractivity contribution in [1.82, 2.24) is 4.90 Å². The first-order valence-corrected chi connectivity index (χ1v) is 10.6. The van der Waals surface area contributed by atoms with E-state index in [4.69, 9.17) is 0 Å². The van der Waals surface area contributed by atoms with Crippen molar-refractivity contribution in [2.24, 2.45) is 17.3 Å². The number of Topliss-reactive ketones (excluding diaryl/α,β-unsaturated/α-hetero) is 1. The fraction of sp³-hybridized carbons (Fsp3) is 0.385. The Morgan fingerprint density at radius 3 is 2.17 bits per heavy atom. The molecule has 2 aliphatic carbocycles. The summed E-state index contributed by atoms with van der Waals surface area (Å²) in [6.07, 6.45) is 10.8. The maximum atomic E-state index is 13.4. The van der Waals surface area contributed by atoms with Gasteiger partial charge in [0.15, 0.2) is 0 Å². The number of benzene rings is 1. The van der Waals surface area contributed by atoms with Gasteiger partial charge in [-0.15, -0.1) is 0 Å². The summed E-state index contributed by atoms with van der Waals surface area (Å²) in [7, 11) is 3.25. The second kappa shape index (κ2) is 6.83. The van der Waals surface area contributed by atoms with Crippen LogP contribution in [0.3, 0.4) is 0 Å². The van der Waals surface area contributed by atoms with Gasteiger partial charge in [-0.3, -0.25) is 9.59 Å². The molecule has 4 unspecified atom stereocenters. The van der Waals surface area contributed by atoms with Crippen LogP contribution in [-0.2, 0) is 9.59 Å². The van der Waals surface area contributed by atoms with E-state index in [9.17, 15) is 9.59 Å². The van der Waals surface area contributed by atoms with Gasteiger partial charge in [0.1, 0.15) is 0 Å². The highest BCUT2D eigenvalue weighted by atomic mass is 16.2. The van der Waals surface area contributed by atoms with Crippen LogP contribution in [0.25, 0.3) is 0 Å². The third-order valence-corrected chi connectivity index (χ3v) is 6.92. The van der Waals surface area contributed by atoms with Gasteiger partial charge in [-0.2, -0.15) is 0 Å². The van der Waals surface area contributed by atoms with E-state index >= 15 is 0 Å². The van der Waals surface area contributed by atoms with Crippen LogP contribution < -0.4 is 4.90 Å². The molecule has 1 aromatic rings. The van der Waals surface area contributed by atoms with Crippen LogP contribution in [0.4, 0.5) is 5.69 Å². The van der Waals surface area contributed by atoms with Crippen molar-refractivity contribution in [3.8, 4) is 0 Å². The quantitative estimate of drug-likeness (QED) is 0.551. The van der Waals surface area contributed by atoms with Gasteiger partial charge in [0.25, 0.3) is 5.91 Å².